The Morgan fingerprint density at radius 2 is 2.08 bits per heavy atom. The average molecular weight is 395 g/mol. The molecule has 0 spiro atoms. The molecule has 0 fully saturated rings. The first-order valence-electron chi connectivity index (χ1n) is 3.25. The summed E-state index contributed by atoms with van der Waals surface area (Å²) in [4.78, 5) is 0. The second kappa shape index (κ2) is 4.46. The summed E-state index contributed by atoms with van der Waals surface area (Å²) >= 11 is 5.42. The van der Waals surface area contributed by atoms with Crippen molar-refractivity contribution >= 4 is 58.3 Å². The highest BCUT2D eigenvalue weighted by molar-refractivity contribution is 14.1. The van der Waals surface area contributed by atoms with Crippen molar-refractivity contribution in [3.63, 3.8) is 0 Å². The highest BCUT2D eigenvalue weighted by Gasteiger charge is 2.11. The molecular weight excluding hydrogens is 390 g/mol. The maximum atomic E-state index is 10.8. The summed E-state index contributed by atoms with van der Waals surface area (Å²) in [7, 11) is 1.66. The molecule has 1 aromatic rings. The molecule has 1 rings (SSSR count). The monoisotopic (exact) mass is 394 g/mol. The van der Waals surface area contributed by atoms with Crippen LogP contribution in [-0.4, -0.2) is 8.42 Å². The van der Waals surface area contributed by atoms with Crippen molar-refractivity contribution in [2.45, 2.75) is 5.75 Å². The van der Waals surface area contributed by atoms with Gasteiger partial charge in [-0.3, -0.25) is 0 Å². The van der Waals surface area contributed by atoms with Gasteiger partial charge in [0.05, 0.1) is 5.75 Å². The van der Waals surface area contributed by atoms with Gasteiger partial charge in [0, 0.05) is 18.7 Å². The summed E-state index contributed by atoms with van der Waals surface area (Å²) in [6.07, 6.45) is 0. The standard InChI is InChI=1S/C7H5BrClIO2S/c8-7-5(4-13(9,11)12)2-1-3-6(7)10/h1-3H,4H2. The van der Waals surface area contributed by atoms with Crippen molar-refractivity contribution in [3.05, 3.63) is 31.8 Å². The van der Waals surface area contributed by atoms with Crippen molar-refractivity contribution in [2.24, 2.45) is 0 Å². The molecule has 0 aliphatic heterocycles. The minimum atomic E-state index is -3.48. The van der Waals surface area contributed by atoms with Crippen LogP contribution in [0.1, 0.15) is 5.56 Å². The smallest absolute Gasteiger partial charge is 0.212 e. The summed E-state index contributed by atoms with van der Waals surface area (Å²) in [6.45, 7) is 0. The molecule has 0 aliphatic carbocycles. The fraction of sp³-hybridized carbons (Fsp3) is 0.143. The van der Waals surface area contributed by atoms with E-state index < -0.39 is 9.05 Å². The second-order valence-electron chi connectivity index (χ2n) is 2.40. The van der Waals surface area contributed by atoms with E-state index in [2.05, 4.69) is 38.5 Å². The Bertz CT molecular complexity index is 419. The van der Waals surface area contributed by atoms with Crippen molar-refractivity contribution in [2.75, 3.05) is 0 Å². The molecule has 2 nitrogen and oxygen atoms in total. The molecule has 1 aromatic carbocycles. The van der Waals surface area contributed by atoms with Crippen LogP contribution < -0.4 is 0 Å². The molecule has 0 heterocycles. The molecule has 0 saturated carbocycles. The summed E-state index contributed by atoms with van der Waals surface area (Å²) in [5.74, 6) is -0.147. The van der Waals surface area contributed by atoms with E-state index in [1.807, 2.05) is 6.07 Å². The minimum Gasteiger partial charge on any atom is -0.212 e. The average Bonchev–Trinajstić information content (AvgIpc) is 1.96. The zero-order chi connectivity index (χ0) is 10.1. The van der Waals surface area contributed by atoms with Gasteiger partial charge < -0.3 is 0 Å². The van der Waals surface area contributed by atoms with Crippen LogP contribution in [0.5, 0.6) is 0 Å². The van der Waals surface area contributed by atoms with E-state index in [1.165, 1.54) is 0 Å². The van der Waals surface area contributed by atoms with Gasteiger partial charge in [0.25, 0.3) is 0 Å². The summed E-state index contributed by atoms with van der Waals surface area (Å²) in [5, 5.41) is 0. The highest BCUT2D eigenvalue weighted by Crippen LogP contribution is 2.25. The summed E-state index contributed by atoms with van der Waals surface area (Å²) in [5.41, 5.74) is 0.682. The largest absolute Gasteiger partial charge is 0.236 e. The first kappa shape index (κ1) is 11.7. The number of hydrogen-bond acceptors (Lipinski definition) is 2. The zero-order valence-corrected chi connectivity index (χ0v) is 11.6. The van der Waals surface area contributed by atoms with Gasteiger partial charge in [0.1, 0.15) is 0 Å². The number of rotatable bonds is 2. The van der Waals surface area contributed by atoms with Crippen molar-refractivity contribution in [1.82, 2.24) is 0 Å². The maximum Gasteiger partial charge on any atom is 0.236 e. The van der Waals surface area contributed by atoms with Gasteiger partial charge in [0.2, 0.25) is 9.05 Å². The quantitative estimate of drug-likeness (QED) is 0.570. The summed E-state index contributed by atoms with van der Waals surface area (Å²) < 4.78 is 23.4. The van der Waals surface area contributed by atoms with Crippen LogP contribution in [0.15, 0.2) is 22.7 Å². The molecule has 0 amide bonds. The van der Waals surface area contributed by atoms with E-state index in [0.717, 1.165) is 8.04 Å². The maximum absolute atomic E-state index is 10.8. The minimum absolute atomic E-state index is 0.147. The number of benzene rings is 1. The lowest BCUT2D eigenvalue weighted by atomic mass is 10.2. The van der Waals surface area contributed by atoms with Gasteiger partial charge in [-0.05, 0) is 50.2 Å². The Kier molecular flexibility index (Phi) is 4.03. The molecule has 0 radical (unpaired) electrons. The predicted octanol–water partition coefficient (Wildman–Crippen LogP) is 3.12. The molecule has 0 unspecified atom stereocenters. The van der Waals surface area contributed by atoms with Crippen LogP contribution in [0.3, 0.4) is 0 Å². The highest BCUT2D eigenvalue weighted by atomic mass is 127. The summed E-state index contributed by atoms with van der Waals surface area (Å²) in [6, 6.07) is 5.41. The van der Waals surface area contributed by atoms with E-state index in [1.54, 1.807) is 12.1 Å². The molecule has 0 saturated heterocycles. The van der Waals surface area contributed by atoms with Gasteiger partial charge in [-0.25, -0.2) is 8.42 Å². The first-order valence-corrected chi connectivity index (χ1v) is 7.60. The van der Waals surface area contributed by atoms with E-state index >= 15 is 0 Å². The molecule has 0 aromatic heterocycles. The number of halogens is 3. The molecule has 13 heavy (non-hydrogen) atoms. The lowest BCUT2D eigenvalue weighted by molar-refractivity contribution is 0.609. The molecule has 0 atom stereocenters. The number of hydrogen-bond donors (Lipinski definition) is 0. The molecule has 72 valence electrons. The normalized spacial score (nSPS) is 11.6. The first-order chi connectivity index (χ1) is 5.90. The second-order valence-corrected chi connectivity index (χ2v) is 7.13. The topological polar surface area (TPSA) is 34.1 Å². The Morgan fingerprint density at radius 3 is 2.62 bits per heavy atom. The zero-order valence-electron chi connectivity index (χ0n) is 6.30. The van der Waals surface area contributed by atoms with Gasteiger partial charge in [-0.15, -0.1) is 0 Å². The SMILES string of the molecule is O=S(=O)(Cl)Cc1cccc(I)c1Br. The Balaban J connectivity index is 3.10. The predicted molar refractivity (Wildman–Crippen MR) is 65.3 cm³/mol. The van der Waals surface area contributed by atoms with E-state index in [-0.39, 0.29) is 5.75 Å². The van der Waals surface area contributed by atoms with Crippen LogP contribution in [0.25, 0.3) is 0 Å². The molecule has 0 aliphatic rings. The van der Waals surface area contributed by atoms with E-state index in [4.69, 9.17) is 10.7 Å². The lowest BCUT2D eigenvalue weighted by Crippen LogP contribution is -1.96. The Hall–Kier alpha value is 0.670. The van der Waals surface area contributed by atoms with Gasteiger partial charge in [-0.2, -0.15) is 0 Å². The van der Waals surface area contributed by atoms with Gasteiger partial charge in [0.15, 0.2) is 0 Å². The van der Waals surface area contributed by atoms with Crippen molar-refractivity contribution in [1.29, 1.82) is 0 Å². The van der Waals surface area contributed by atoms with Crippen LogP contribution in [0.2, 0.25) is 0 Å². The van der Waals surface area contributed by atoms with Crippen LogP contribution in [-0.2, 0) is 14.8 Å². The van der Waals surface area contributed by atoms with Gasteiger partial charge >= 0.3 is 0 Å². The fourth-order valence-corrected chi connectivity index (χ4v) is 2.95. The molecular formula is C7H5BrClIO2S. The molecule has 0 bridgehead atoms. The van der Waals surface area contributed by atoms with Crippen LogP contribution in [0, 0.1) is 3.57 Å². The Morgan fingerprint density at radius 1 is 1.46 bits per heavy atom. The van der Waals surface area contributed by atoms with Crippen molar-refractivity contribution in [3.8, 4) is 0 Å². The fourth-order valence-electron chi connectivity index (χ4n) is 0.846. The third kappa shape index (κ3) is 3.73. The molecule has 0 N–H and O–H groups in total. The third-order valence-corrected chi connectivity index (χ3v) is 4.92. The third-order valence-electron chi connectivity index (χ3n) is 1.36. The van der Waals surface area contributed by atoms with Crippen LogP contribution >= 0.6 is 49.2 Å². The Labute approximate surface area is 103 Å². The van der Waals surface area contributed by atoms with E-state index in [0.29, 0.717) is 5.56 Å². The van der Waals surface area contributed by atoms with Gasteiger partial charge in [-0.1, -0.05) is 12.1 Å². The molecule has 6 heteroatoms. The van der Waals surface area contributed by atoms with Crippen LogP contribution in [0.4, 0.5) is 0 Å². The van der Waals surface area contributed by atoms with Crippen molar-refractivity contribution < 1.29 is 8.42 Å². The lowest BCUT2D eigenvalue weighted by Gasteiger charge is -2.02. The van der Waals surface area contributed by atoms with E-state index in [9.17, 15) is 8.42 Å².